The van der Waals surface area contributed by atoms with Crippen molar-refractivity contribution < 1.29 is 28.8 Å². The lowest BCUT2D eigenvalue weighted by molar-refractivity contribution is -0.253. The predicted molar refractivity (Wildman–Crippen MR) is 126 cm³/mol. The minimum Gasteiger partial charge on any atom is -0.387 e. The van der Waals surface area contributed by atoms with Crippen molar-refractivity contribution in [2.75, 3.05) is 0 Å². The maximum Gasteiger partial charge on any atom is 0.190 e. The molecule has 2 aromatic rings. The van der Waals surface area contributed by atoms with E-state index < -0.39 is 54.4 Å². The summed E-state index contributed by atoms with van der Waals surface area (Å²) in [5.41, 5.74) is 2.28. The first-order valence-electron chi connectivity index (χ1n) is 11.8. The van der Waals surface area contributed by atoms with Gasteiger partial charge >= 0.3 is 0 Å². The Morgan fingerprint density at radius 1 is 0.829 bits per heavy atom. The molecule has 35 heavy (non-hydrogen) atoms. The first-order chi connectivity index (χ1) is 16.7. The zero-order valence-electron chi connectivity index (χ0n) is 20.2. The van der Waals surface area contributed by atoms with Gasteiger partial charge < -0.3 is 28.8 Å². The molecule has 0 saturated carbocycles. The van der Waals surface area contributed by atoms with E-state index in [2.05, 4.69) is 6.07 Å². The van der Waals surface area contributed by atoms with Crippen molar-refractivity contribution in [2.45, 2.75) is 82.1 Å². The van der Waals surface area contributed by atoms with Crippen LogP contribution in [0.3, 0.4) is 0 Å². The van der Waals surface area contributed by atoms with E-state index in [1.165, 1.54) is 0 Å². The lowest BCUT2D eigenvalue weighted by atomic mass is 9.92. The summed E-state index contributed by atoms with van der Waals surface area (Å²) in [4.78, 5) is 4.73. The van der Waals surface area contributed by atoms with Crippen molar-refractivity contribution in [3.63, 3.8) is 0 Å². The number of rotatable bonds is 5. The topological polar surface area (TPSA) is 103 Å². The molecule has 184 valence electrons. The van der Waals surface area contributed by atoms with Gasteiger partial charge in [-0.3, -0.25) is 4.99 Å². The smallest absolute Gasteiger partial charge is 0.190 e. The third-order valence-electron chi connectivity index (χ3n) is 6.35. The zero-order chi connectivity index (χ0) is 24.8. The second-order valence-corrected chi connectivity index (χ2v) is 9.91. The largest absolute Gasteiger partial charge is 0.387 e. The van der Waals surface area contributed by atoms with E-state index in [4.69, 9.17) is 28.7 Å². The van der Waals surface area contributed by atoms with Gasteiger partial charge in [0.25, 0.3) is 0 Å². The Hall–Kier alpha value is -2.64. The lowest BCUT2D eigenvalue weighted by Crippen LogP contribution is -2.60. The summed E-state index contributed by atoms with van der Waals surface area (Å²) in [7, 11) is 0. The Morgan fingerprint density at radius 2 is 1.34 bits per heavy atom. The molecule has 7 atom stereocenters. The summed E-state index contributed by atoms with van der Waals surface area (Å²) >= 11 is 0. The van der Waals surface area contributed by atoms with Crippen LogP contribution in [-0.4, -0.2) is 65.2 Å². The van der Waals surface area contributed by atoms with Crippen molar-refractivity contribution in [2.24, 2.45) is 4.99 Å². The van der Waals surface area contributed by atoms with Gasteiger partial charge in [0.2, 0.25) is 0 Å². The van der Waals surface area contributed by atoms with Gasteiger partial charge in [0.15, 0.2) is 23.9 Å². The quantitative estimate of drug-likeness (QED) is 0.659. The zero-order valence-corrected chi connectivity index (χ0v) is 20.2. The molecule has 3 saturated heterocycles. The molecule has 3 aliphatic heterocycles. The molecular formula is C27H30N2O6. The summed E-state index contributed by atoms with van der Waals surface area (Å²) in [6.07, 6.45) is -4.71. The minimum atomic E-state index is -1.30. The van der Waals surface area contributed by atoms with E-state index in [9.17, 15) is 10.4 Å². The van der Waals surface area contributed by atoms with Gasteiger partial charge in [-0.2, -0.15) is 5.26 Å². The average Bonchev–Trinajstić information content (AvgIpc) is 3.33. The van der Waals surface area contributed by atoms with E-state index in [-0.39, 0.29) is 0 Å². The number of ether oxygens (including phenoxy) is 5. The highest BCUT2D eigenvalue weighted by Gasteiger charge is 2.62. The molecule has 0 spiro atoms. The van der Waals surface area contributed by atoms with Gasteiger partial charge in [0, 0.05) is 11.1 Å². The molecule has 0 bridgehead atoms. The first kappa shape index (κ1) is 24.1. The number of aliphatic hydroxyl groups is 1. The third kappa shape index (κ3) is 4.76. The molecule has 3 heterocycles. The van der Waals surface area contributed by atoms with E-state index in [0.29, 0.717) is 5.71 Å². The number of aliphatic hydroxyl groups excluding tert-OH is 1. The van der Waals surface area contributed by atoms with Crippen LogP contribution < -0.4 is 0 Å². The Labute approximate surface area is 205 Å². The normalized spacial score (nSPS) is 32.1. The lowest BCUT2D eigenvalue weighted by Gasteiger charge is -2.39. The fourth-order valence-electron chi connectivity index (χ4n) is 4.93. The molecule has 0 radical (unpaired) electrons. The van der Waals surface area contributed by atoms with Crippen LogP contribution in [0.1, 0.15) is 38.8 Å². The number of nitrogens with zero attached hydrogens (tertiary/aromatic N) is 2. The molecule has 8 heteroatoms. The Kier molecular flexibility index (Phi) is 6.26. The number of nitriles is 1. The summed E-state index contributed by atoms with van der Waals surface area (Å²) in [6, 6.07) is 20.2. The maximum atomic E-state index is 11.5. The van der Waals surface area contributed by atoms with Gasteiger partial charge in [-0.25, -0.2) is 0 Å². The molecule has 0 aliphatic carbocycles. The highest BCUT2D eigenvalue weighted by atomic mass is 16.9. The molecule has 3 fully saturated rings. The molecule has 0 amide bonds. The minimum absolute atomic E-state index is 0.520. The van der Waals surface area contributed by atoms with Gasteiger partial charge in [0.1, 0.15) is 30.5 Å². The molecule has 8 nitrogen and oxygen atoms in total. The van der Waals surface area contributed by atoms with Gasteiger partial charge in [-0.15, -0.1) is 0 Å². The third-order valence-corrected chi connectivity index (χ3v) is 6.35. The first-order valence-corrected chi connectivity index (χ1v) is 11.8. The van der Waals surface area contributed by atoms with Crippen LogP contribution in [0.2, 0.25) is 0 Å². The summed E-state index contributed by atoms with van der Waals surface area (Å²) in [6.45, 7) is 7.19. The van der Waals surface area contributed by atoms with Crippen LogP contribution in [0.5, 0.6) is 0 Å². The van der Waals surface area contributed by atoms with Gasteiger partial charge in [0.05, 0.1) is 11.8 Å². The van der Waals surface area contributed by atoms with Crippen LogP contribution in [-0.2, 0) is 23.7 Å². The Morgan fingerprint density at radius 3 is 1.91 bits per heavy atom. The fraction of sp³-hybridized carbons (Fsp3) is 0.481. The van der Waals surface area contributed by atoms with Crippen LogP contribution in [0.15, 0.2) is 65.7 Å². The number of fused-ring (bicyclic) bond motifs is 3. The Balaban J connectivity index is 1.49. The monoisotopic (exact) mass is 478 g/mol. The summed E-state index contributed by atoms with van der Waals surface area (Å²) in [5, 5.41) is 21.5. The number of hydrogen-bond donors (Lipinski definition) is 1. The molecule has 0 aromatic heterocycles. The molecular weight excluding hydrogens is 448 g/mol. The van der Waals surface area contributed by atoms with Crippen molar-refractivity contribution in [3.8, 4) is 6.07 Å². The number of hydrogen-bond acceptors (Lipinski definition) is 8. The summed E-state index contributed by atoms with van der Waals surface area (Å²) < 4.78 is 30.4. The maximum absolute atomic E-state index is 11.5. The number of aliphatic imine (C=N–C) groups is 1. The van der Waals surface area contributed by atoms with Crippen LogP contribution in [0, 0.1) is 11.3 Å². The summed E-state index contributed by atoms with van der Waals surface area (Å²) in [5.74, 6) is -1.79. The van der Waals surface area contributed by atoms with Crippen molar-refractivity contribution in [1.82, 2.24) is 0 Å². The van der Waals surface area contributed by atoms with Crippen molar-refractivity contribution >= 4 is 5.71 Å². The van der Waals surface area contributed by atoms with Gasteiger partial charge in [-0.1, -0.05) is 60.7 Å². The van der Waals surface area contributed by atoms with E-state index in [0.717, 1.165) is 11.1 Å². The predicted octanol–water partition coefficient (Wildman–Crippen LogP) is 3.17. The molecule has 3 aliphatic rings. The standard InChI is InChI=1S/C27H30N2O6/c1-26(2)32-22-21(31-25-24(23(22)33-26)34-27(3,4)35-25)20(30)18(15-28)29-19(16-11-7-5-8-12-16)17-13-9-6-10-14-17/h5-14,18,20-25,30H,1-4H3/t18?,20?,21-,22+,23+,24-,25-/m1/s1. The van der Waals surface area contributed by atoms with E-state index in [1.54, 1.807) is 27.7 Å². The van der Waals surface area contributed by atoms with Crippen LogP contribution in [0.4, 0.5) is 0 Å². The van der Waals surface area contributed by atoms with Crippen LogP contribution >= 0.6 is 0 Å². The second kappa shape index (κ2) is 9.10. The molecule has 2 unspecified atom stereocenters. The number of benzene rings is 2. The SMILES string of the molecule is CC1(C)O[C@H]2[C@@H](O1)[C@@H](C(O)C(C#N)N=C(c1ccccc1)c1ccccc1)O[C@@H]1OC(C)(C)O[C@@H]12. The van der Waals surface area contributed by atoms with E-state index in [1.807, 2.05) is 60.7 Å². The average molecular weight is 479 g/mol. The van der Waals surface area contributed by atoms with Crippen molar-refractivity contribution in [1.29, 1.82) is 5.26 Å². The molecule has 1 N–H and O–H groups in total. The van der Waals surface area contributed by atoms with Gasteiger partial charge in [-0.05, 0) is 27.7 Å². The highest BCUT2D eigenvalue weighted by Crippen LogP contribution is 2.45. The second-order valence-electron chi connectivity index (χ2n) is 9.91. The Bertz CT molecular complexity index is 1070. The van der Waals surface area contributed by atoms with E-state index >= 15 is 0 Å². The fourth-order valence-corrected chi connectivity index (χ4v) is 4.93. The van der Waals surface area contributed by atoms with Crippen LogP contribution in [0.25, 0.3) is 0 Å². The molecule has 5 rings (SSSR count). The van der Waals surface area contributed by atoms with Crippen molar-refractivity contribution in [3.05, 3.63) is 71.8 Å². The highest BCUT2D eigenvalue weighted by molar-refractivity contribution is 6.13. The molecule has 2 aromatic carbocycles.